The summed E-state index contributed by atoms with van der Waals surface area (Å²) in [5, 5.41) is 9.87. The normalized spacial score (nSPS) is 17.9. The van der Waals surface area contributed by atoms with Crippen LogP contribution in [0.3, 0.4) is 0 Å². The van der Waals surface area contributed by atoms with E-state index in [1.807, 2.05) is 20.0 Å². The summed E-state index contributed by atoms with van der Waals surface area (Å²) in [5.74, 6) is 0.955. The molecule has 0 radical (unpaired) electrons. The van der Waals surface area contributed by atoms with E-state index in [0.717, 1.165) is 41.1 Å². The van der Waals surface area contributed by atoms with Gasteiger partial charge in [0.2, 0.25) is 0 Å². The number of aryl methyl sites for hydroxylation is 3. The van der Waals surface area contributed by atoms with E-state index in [9.17, 15) is 4.79 Å². The summed E-state index contributed by atoms with van der Waals surface area (Å²) < 4.78 is 2.85. The van der Waals surface area contributed by atoms with Gasteiger partial charge in [0.25, 0.3) is 5.91 Å². The van der Waals surface area contributed by atoms with Crippen molar-refractivity contribution in [2.24, 2.45) is 0 Å². The number of hydrogen-bond acceptors (Lipinski definition) is 3. The van der Waals surface area contributed by atoms with Gasteiger partial charge < -0.3 is 9.88 Å². The van der Waals surface area contributed by atoms with Gasteiger partial charge in [-0.25, -0.2) is 4.98 Å². The average Bonchev–Trinajstić information content (AvgIpc) is 2.92. The van der Waals surface area contributed by atoms with Crippen LogP contribution in [0.25, 0.3) is 0 Å². The zero-order chi connectivity index (χ0) is 14.3. The minimum atomic E-state index is -0.147. The number of carbonyl (C=O) groups excluding carboxylic acids is 1. The highest BCUT2D eigenvalue weighted by molar-refractivity contribution is 9.10. The standard InChI is InChI=1S/C13H16BrN5O/c1-7-5-19-6-9(3-4-10(19)15-7)16-13(20)12-11(14)8(2)17-18-12/h5,9H,3-4,6H2,1-2H3,(H,16,20)(H,17,18). The fraction of sp³-hybridized carbons (Fsp3) is 0.462. The molecule has 0 aliphatic carbocycles. The quantitative estimate of drug-likeness (QED) is 0.876. The summed E-state index contributed by atoms with van der Waals surface area (Å²) in [6.45, 7) is 4.63. The van der Waals surface area contributed by atoms with Crippen LogP contribution in [0.15, 0.2) is 10.7 Å². The lowest BCUT2D eigenvalue weighted by atomic mass is 10.1. The van der Waals surface area contributed by atoms with Gasteiger partial charge in [-0.1, -0.05) is 0 Å². The fourth-order valence-electron chi connectivity index (χ4n) is 2.52. The van der Waals surface area contributed by atoms with Gasteiger partial charge in [-0.2, -0.15) is 5.10 Å². The maximum atomic E-state index is 12.2. The molecule has 1 aliphatic heterocycles. The summed E-state index contributed by atoms with van der Waals surface area (Å²) in [6.07, 6.45) is 3.82. The third-order valence-corrected chi connectivity index (χ3v) is 4.51. The molecular weight excluding hydrogens is 322 g/mol. The molecule has 0 saturated carbocycles. The van der Waals surface area contributed by atoms with Crippen molar-refractivity contribution in [2.45, 2.75) is 39.3 Å². The van der Waals surface area contributed by atoms with E-state index in [-0.39, 0.29) is 11.9 Å². The molecule has 0 spiro atoms. The number of imidazole rings is 1. The number of nitrogens with one attached hydrogen (secondary N) is 2. The van der Waals surface area contributed by atoms with E-state index < -0.39 is 0 Å². The summed E-state index contributed by atoms with van der Waals surface area (Å²) >= 11 is 3.37. The van der Waals surface area contributed by atoms with Crippen molar-refractivity contribution in [1.29, 1.82) is 0 Å². The van der Waals surface area contributed by atoms with Crippen molar-refractivity contribution in [1.82, 2.24) is 25.1 Å². The number of fused-ring (bicyclic) bond motifs is 1. The highest BCUT2D eigenvalue weighted by Crippen LogP contribution is 2.19. The van der Waals surface area contributed by atoms with E-state index in [1.165, 1.54) is 0 Å². The van der Waals surface area contributed by atoms with Gasteiger partial charge in [0, 0.05) is 30.9 Å². The molecule has 7 heteroatoms. The Kier molecular flexibility index (Phi) is 3.37. The number of hydrogen-bond donors (Lipinski definition) is 2. The van der Waals surface area contributed by atoms with Crippen LogP contribution in [-0.2, 0) is 13.0 Å². The van der Waals surface area contributed by atoms with Crippen molar-refractivity contribution < 1.29 is 4.79 Å². The molecule has 1 amide bonds. The monoisotopic (exact) mass is 337 g/mol. The molecule has 1 atom stereocenters. The van der Waals surface area contributed by atoms with E-state index in [0.29, 0.717) is 5.69 Å². The third kappa shape index (κ3) is 2.37. The molecule has 0 aromatic carbocycles. The van der Waals surface area contributed by atoms with Crippen molar-refractivity contribution >= 4 is 21.8 Å². The third-order valence-electron chi connectivity index (χ3n) is 3.54. The molecule has 0 bridgehead atoms. The van der Waals surface area contributed by atoms with Crippen LogP contribution in [0.5, 0.6) is 0 Å². The lowest BCUT2D eigenvalue weighted by Gasteiger charge is -2.24. The first-order valence-corrected chi connectivity index (χ1v) is 7.38. The minimum absolute atomic E-state index is 0.118. The van der Waals surface area contributed by atoms with Gasteiger partial charge in [0.15, 0.2) is 5.69 Å². The lowest BCUT2D eigenvalue weighted by Crippen LogP contribution is -2.41. The Morgan fingerprint density at radius 1 is 1.55 bits per heavy atom. The van der Waals surface area contributed by atoms with E-state index in [2.05, 4.69) is 41.0 Å². The highest BCUT2D eigenvalue weighted by atomic mass is 79.9. The second-order valence-electron chi connectivity index (χ2n) is 5.17. The van der Waals surface area contributed by atoms with Gasteiger partial charge in [0.1, 0.15) is 5.82 Å². The van der Waals surface area contributed by atoms with Gasteiger partial charge in [-0.05, 0) is 36.2 Å². The second kappa shape index (κ2) is 5.05. The molecule has 0 fully saturated rings. The highest BCUT2D eigenvalue weighted by Gasteiger charge is 2.23. The average molecular weight is 338 g/mol. The van der Waals surface area contributed by atoms with Crippen LogP contribution in [-0.4, -0.2) is 31.7 Å². The lowest BCUT2D eigenvalue weighted by molar-refractivity contribution is 0.0921. The predicted molar refractivity (Wildman–Crippen MR) is 77.6 cm³/mol. The topological polar surface area (TPSA) is 75.6 Å². The van der Waals surface area contributed by atoms with Crippen molar-refractivity contribution in [3.63, 3.8) is 0 Å². The SMILES string of the molecule is Cc1cn2c(n1)CCC(NC(=O)c1n[nH]c(C)c1Br)C2. The van der Waals surface area contributed by atoms with Gasteiger partial charge in [0.05, 0.1) is 10.2 Å². The molecule has 1 aliphatic rings. The molecule has 2 N–H and O–H groups in total. The maximum absolute atomic E-state index is 12.2. The molecule has 1 unspecified atom stereocenters. The van der Waals surface area contributed by atoms with Crippen LogP contribution < -0.4 is 5.32 Å². The number of aromatic amines is 1. The zero-order valence-corrected chi connectivity index (χ0v) is 13.0. The zero-order valence-electron chi connectivity index (χ0n) is 11.4. The maximum Gasteiger partial charge on any atom is 0.273 e. The first kappa shape index (κ1) is 13.4. The van der Waals surface area contributed by atoms with Gasteiger partial charge >= 0.3 is 0 Å². The Bertz CT molecular complexity index is 660. The number of halogens is 1. The second-order valence-corrected chi connectivity index (χ2v) is 5.96. The first-order valence-electron chi connectivity index (χ1n) is 6.58. The molecule has 3 heterocycles. The molecule has 2 aromatic heterocycles. The van der Waals surface area contributed by atoms with E-state index >= 15 is 0 Å². The van der Waals surface area contributed by atoms with E-state index in [4.69, 9.17) is 0 Å². The molecule has 106 valence electrons. The largest absolute Gasteiger partial charge is 0.346 e. The number of amides is 1. The summed E-state index contributed by atoms with van der Waals surface area (Å²) in [6, 6.07) is 0.118. The predicted octanol–water partition coefficient (Wildman–Crippen LogP) is 1.73. The van der Waals surface area contributed by atoms with Crippen LogP contribution in [0.2, 0.25) is 0 Å². The number of nitrogens with zero attached hydrogens (tertiary/aromatic N) is 3. The summed E-state index contributed by atoms with van der Waals surface area (Å²) in [7, 11) is 0. The number of rotatable bonds is 2. The number of H-pyrrole nitrogens is 1. The molecule has 6 nitrogen and oxygen atoms in total. The Morgan fingerprint density at radius 3 is 3.05 bits per heavy atom. The Hall–Kier alpha value is -1.63. The summed E-state index contributed by atoms with van der Waals surface area (Å²) in [5.41, 5.74) is 2.29. The Morgan fingerprint density at radius 2 is 2.35 bits per heavy atom. The smallest absolute Gasteiger partial charge is 0.273 e. The van der Waals surface area contributed by atoms with Crippen LogP contribution in [0.4, 0.5) is 0 Å². The van der Waals surface area contributed by atoms with Gasteiger partial charge in [-0.3, -0.25) is 9.89 Å². The minimum Gasteiger partial charge on any atom is -0.346 e. The van der Waals surface area contributed by atoms with E-state index in [1.54, 1.807) is 0 Å². The fourth-order valence-corrected chi connectivity index (χ4v) is 2.88. The molecular formula is C13H16BrN5O. The first-order chi connectivity index (χ1) is 9.54. The van der Waals surface area contributed by atoms with Crippen LogP contribution in [0, 0.1) is 13.8 Å². The summed E-state index contributed by atoms with van der Waals surface area (Å²) in [4.78, 5) is 16.7. The van der Waals surface area contributed by atoms with Crippen molar-refractivity contribution in [2.75, 3.05) is 0 Å². The van der Waals surface area contributed by atoms with Crippen LogP contribution >= 0.6 is 15.9 Å². The Balaban J connectivity index is 1.70. The van der Waals surface area contributed by atoms with Crippen molar-refractivity contribution in [3.8, 4) is 0 Å². The molecule has 20 heavy (non-hydrogen) atoms. The Labute approximate surface area is 125 Å². The van der Waals surface area contributed by atoms with Crippen LogP contribution in [0.1, 0.15) is 34.1 Å². The number of carbonyl (C=O) groups is 1. The van der Waals surface area contributed by atoms with Gasteiger partial charge in [-0.15, -0.1) is 0 Å². The van der Waals surface area contributed by atoms with Crippen molar-refractivity contribution in [3.05, 3.63) is 33.6 Å². The molecule has 0 saturated heterocycles. The number of aromatic nitrogens is 4. The molecule has 3 rings (SSSR count). The molecule has 2 aromatic rings.